The van der Waals surface area contributed by atoms with Gasteiger partial charge in [-0.25, -0.2) is 0 Å². The molecule has 98 valence electrons. The van der Waals surface area contributed by atoms with Gasteiger partial charge in [0.05, 0.1) is 5.69 Å². The number of nitrogens with zero attached hydrogens (tertiary/aromatic N) is 1. The molecule has 1 aliphatic rings. The van der Waals surface area contributed by atoms with E-state index in [1.807, 2.05) is 30.0 Å². The Kier molecular flexibility index (Phi) is 5.13. The van der Waals surface area contributed by atoms with Crippen LogP contribution in [0.15, 0.2) is 22.7 Å². The van der Waals surface area contributed by atoms with Crippen molar-refractivity contribution in [3.63, 3.8) is 0 Å². The van der Waals surface area contributed by atoms with Crippen LogP contribution in [0.4, 0.5) is 5.69 Å². The van der Waals surface area contributed by atoms with Crippen molar-refractivity contribution in [2.75, 3.05) is 24.2 Å². The average Bonchev–Trinajstić information content (AvgIpc) is 2.63. The molecule has 2 rings (SSSR count). The fourth-order valence-corrected chi connectivity index (χ4v) is 3.79. The molecule has 0 aliphatic carbocycles. The maximum absolute atomic E-state index is 10.7. The van der Waals surface area contributed by atoms with E-state index in [4.69, 9.17) is 0 Å². The molecule has 1 aliphatic heterocycles. The average molecular weight is 328 g/mol. The molecule has 1 atom stereocenters. The molecular formula is C14H18BrNOS. The van der Waals surface area contributed by atoms with Gasteiger partial charge in [-0.2, -0.15) is 11.8 Å². The minimum absolute atomic E-state index is 0.724. The SMILES string of the molecule is CSC1CCCN(c2ccc(C=O)cc2Br)CC1. The summed E-state index contributed by atoms with van der Waals surface area (Å²) in [5.74, 6) is 0. The number of hydrogen-bond donors (Lipinski definition) is 0. The second-order valence-corrected chi connectivity index (χ2v) is 6.60. The summed E-state index contributed by atoms with van der Waals surface area (Å²) in [5.41, 5.74) is 1.93. The van der Waals surface area contributed by atoms with Gasteiger partial charge in [-0.3, -0.25) is 4.79 Å². The third kappa shape index (κ3) is 3.29. The van der Waals surface area contributed by atoms with Gasteiger partial charge < -0.3 is 4.90 Å². The molecule has 0 radical (unpaired) electrons. The first-order valence-electron chi connectivity index (χ1n) is 6.27. The first-order chi connectivity index (χ1) is 8.74. The molecule has 1 aromatic carbocycles. The van der Waals surface area contributed by atoms with Crippen molar-refractivity contribution in [3.05, 3.63) is 28.2 Å². The molecule has 1 fully saturated rings. The largest absolute Gasteiger partial charge is 0.371 e. The summed E-state index contributed by atoms with van der Waals surface area (Å²) in [6, 6.07) is 5.84. The van der Waals surface area contributed by atoms with Crippen LogP contribution in [0.25, 0.3) is 0 Å². The van der Waals surface area contributed by atoms with Crippen molar-refractivity contribution in [1.29, 1.82) is 0 Å². The maximum atomic E-state index is 10.7. The quantitative estimate of drug-likeness (QED) is 0.783. The van der Waals surface area contributed by atoms with Crippen molar-refractivity contribution in [1.82, 2.24) is 0 Å². The van der Waals surface area contributed by atoms with E-state index < -0.39 is 0 Å². The highest BCUT2D eigenvalue weighted by molar-refractivity contribution is 9.10. The minimum atomic E-state index is 0.724. The highest BCUT2D eigenvalue weighted by Crippen LogP contribution is 2.30. The van der Waals surface area contributed by atoms with Gasteiger partial charge in [0, 0.05) is 28.4 Å². The highest BCUT2D eigenvalue weighted by Gasteiger charge is 2.17. The molecule has 1 heterocycles. The number of aldehydes is 1. The zero-order chi connectivity index (χ0) is 13.0. The Morgan fingerprint density at radius 2 is 2.22 bits per heavy atom. The molecule has 0 bridgehead atoms. The molecule has 1 saturated heterocycles. The number of rotatable bonds is 3. The number of halogens is 1. The molecule has 1 aromatic rings. The predicted octanol–water partition coefficient (Wildman–Crippen LogP) is 3.98. The van der Waals surface area contributed by atoms with Crippen molar-refractivity contribution < 1.29 is 4.79 Å². The van der Waals surface area contributed by atoms with Crippen LogP contribution in [0.5, 0.6) is 0 Å². The van der Waals surface area contributed by atoms with Crippen LogP contribution in [-0.2, 0) is 0 Å². The van der Waals surface area contributed by atoms with Crippen LogP contribution in [0, 0.1) is 0 Å². The second kappa shape index (κ2) is 6.62. The van der Waals surface area contributed by atoms with E-state index in [0.717, 1.165) is 34.7 Å². The monoisotopic (exact) mass is 327 g/mol. The van der Waals surface area contributed by atoms with Gasteiger partial charge in [0.2, 0.25) is 0 Å². The summed E-state index contributed by atoms with van der Waals surface area (Å²) < 4.78 is 1.02. The Morgan fingerprint density at radius 1 is 1.39 bits per heavy atom. The zero-order valence-electron chi connectivity index (χ0n) is 10.6. The molecule has 4 heteroatoms. The van der Waals surface area contributed by atoms with Crippen molar-refractivity contribution in [3.8, 4) is 0 Å². The first kappa shape index (κ1) is 13.9. The third-order valence-corrected chi connectivity index (χ3v) is 5.23. The van der Waals surface area contributed by atoms with Crippen LogP contribution >= 0.6 is 27.7 Å². The van der Waals surface area contributed by atoms with Crippen LogP contribution in [-0.4, -0.2) is 30.9 Å². The summed E-state index contributed by atoms with van der Waals surface area (Å²) in [5, 5.41) is 0.794. The molecule has 18 heavy (non-hydrogen) atoms. The van der Waals surface area contributed by atoms with Gasteiger partial charge in [-0.15, -0.1) is 0 Å². The van der Waals surface area contributed by atoms with Crippen LogP contribution < -0.4 is 4.90 Å². The predicted molar refractivity (Wildman–Crippen MR) is 82.9 cm³/mol. The molecule has 0 aromatic heterocycles. The van der Waals surface area contributed by atoms with E-state index in [1.165, 1.54) is 24.9 Å². The molecule has 0 saturated carbocycles. The van der Waals surface area contributed by atoms with E-state index in [0.29, 0.717) is 0 Å². The molecule has 0 amide bonds. The van der Waals surface area contributed by atoms with Crippen molar-refractivity contribution in [2.45, 2.75) is 24.5 Å². The second-order valence-electron chi connectivity index (χ2n) is 4.60. The van der Waals surface area contributed by atoms with Gasteiger partial charge in [0.25, 0.3) is 0 Å². The standard InChI is InChI=1S/C14H18BrNOS/c1-18-12-3-2-7-16(8-6-12)14-5-4-11(10-17)9-13(14)15/h4-5,9-10,12H,2-3,6-8H2,1H3. The number of anilines is 1. The van der Waals surface area contributed by atoms with Crippen LogP contribution in [0.1, 0.15) is 29.6 Å². The molecule has 1 unspecified atom stereocenters. The lowest BCUT2D eigenvalue weighted by molar-refractivity contribution is 0.112. The Morgan fingerprint density at radius 3 is 2.89 bits per heavy atom. The number of benzene rings is 1. The normalized spacial score (nSPS) is 20.6. The van der Waals surface area contributed by atoms with E-state index in [9.17, 15) is 4.79 Å². The Hall–Kier alpha value is -0.480. The van der Waals surface area contributed by atoms with Crippen LogP contribution in [0.3, 0.4) is 0 Å². The summed E-state index contributed by atoms with van der Waals surface area (Å²) in [6.07, 6.45) is 6.88. The van der Waals surface area contributed by atoms with E-state index >= 15 is 0 Å². The Balaban J connectivity index is 2.13. The number of carbonyl (C=O) groups is 1. The lowest BCUT2D eigenvalue weighted by Crippen LogP contribution is -2.24. The summed E-state index contributed by atoms with van der Waals surface area (Å²) in [4.78, 5) is 13.2. The molecule has 0 N–H and O–H groups in total. The maximum Gasteiger partial charge on any atom is 0.150 e. The smallest absolute Gasteiger partial charge is 0.150 e. The fourth-order valence-electron chi connectivity index (χ4n) is 2.40. The third-order valence-electron chi connectivity index (χ3n) is 3.46. The molecular weight excluding hydrogens is 310 g/mol. The number of thioether (sulfide) groups is 1. The van der Waals surface area contributed by atoms with E-state index in [2.05, 4.69) is 27.1 Å². The zero-order valence-corrected chi connectivity index (χ0v) is 13.0. The summed E-state index contributed by atoms with van der Waals surface area (Å²) in [6.45, 7) is 2.21. The van der Waals surface area contributed by atoms with Gasteiger partial charge in [-0.05, 0) is 59.6 Å². The number of hydrogen-bond acceptors (Lipinski definition) is 3. The Bertz CT molecular complexity index is 424. The lowest BCUT2D eigenvalue weighted by atomic mass is 10.2. The molecule has 2 nitrogen and oxygen atoms in total. The van der Waals surface area contributed by atoms with Crippen molar-refractivity contribution >= 4 is 39.7 Å². The summed E-state index contributed by atoms with van der Waals surface area (Å²) >= 11 is 5.56. The van der Waals surface area contributed by atoms with E-state index in [-0.39, 0.29) is 0 Å². The molecule has 0 spiro atoms. The van der Waals surface area contributed by atoms with Gasteiger partial charge in [0.1, 0.15) is 6.29 Å². The Labute approximate surface area is 121 Å². The lowest BCUT2D eigenvalue weighted by Gasteiger charge is -2.24. The topological polar surface area (TPSA) is 20.3 Å². The number of carbonyl (C=O) groups excluding carboxylic acids is 1. The van der Waals surface area contributed by atoms with Crippen molar-refractivity contribution in [2.24, 2.45) is 0 Å². The van der Waals surface area contributed by atoms with E-state index in [1.54, 1.807) is 0 Å². The van der Waals surface area contributed by atoms with Gasteiger partial charge in [0.15, 0.2) is 0 Å². The minimum Gasteiger partial charge on any atom is -0.371 e. The van der Waals surface area contributed by atoms with Gasteiger partial charge >= 0.3 is 0 Å². The van der Waals surface area contributed by atoms with Gasteiger partial charge in [-0.1, -0.05) is 0 Å². The first-order valence-corrected chi connectivity index (χ1v) is 8.35. The summed E-state index contributed by atoms with van der Waals surface area (Å²) in [7, 11) is 0. The van der Waals surface area contributed by atoms with Crippen LogP contribution in [0.2, 0.25) is 0 Å². The highest BCUT2D eigenvalue weighted by atomic mass is 79.9. The fraction of sp³-hybridized carbons (Fsp3) is 0.500.